The minimum Gasteiger partial charge on any atom is -0.354 e. The van der Waals surface area contributed by atoms with E-state index in [9.17, 15) is 9.59 Å². The maximum absolute atomic E-state index is 11.4. The van der Waals surface area contributed by atoms with E-state index >= 15 is 0 Å². The fraction of sp³-hybridized carbons (Fsp3) is 0.800. The molecule has 0 heterocycles. The van der Waals surface area contributed by atoms with Gasteiger partial charge in [0, 0.05) is 27.2 Å². The molecule has 0 atom stereocenters. The first-order valence-electron chi connectivity index (χ1n) is 5.40. The summed E-state index contributed by atoms with van der Waals surface area (Å²) in [6, 6.07) is 0. The Hall–Kier alpha value is -1.14. The number of nitrogens with two attached hydrogens (primary N) is 1. The lowest BCUT2D eigenvalue weighted by atomic mass is 10.4. The van der Waals surface area contributed by atoms with E-state index in [1.165, 1.54) is 4.90 Å². The molecule has 0 aliphatic heterocycles. The molecule has 0 rings (SSSR count). The second-order valence-electron chi connectivity index (χ2n) is 3.73. The van der Waals surface area contributed by atoms with Crippen molar-refractivity contribution in [2.75, 3.05) is 46.8 Å². The molecule has 0 fully saturated rings. The van der Waals surface area contributed by atoms with Gasteiger partial charge in [-0.05, 0) is 6.54 Å². The molecule has 3 N–H and O–H groups in total. The Morgan fingerprint density at radius 3 is 2.31 bits per heavy atom. The lowest BCUT2D eigenvalue weighted by Crippen LogP contribution is -2.43. The van der Waals surface area contributed by atoms with Crippen molar-refractivity contribution >= 4 is 11.8 Å². The van der Waals surface area contributed by atoms with Crippen LogP contribution in [0.4, 0.5) is 0 Å². The molecule has 0 saturated heterocycles. The summed E-state index contributed by atoms with van der Waals surface area (Å²) in [5, 5.41) is 2.67. The molecule has 16 heavy (non-hydrogen) atoms. The second-order valence-corrected chi connectivity index (χ2v) is 3.73. The molecule has 0 aromatic rings. The number of likely N-dealkylation sites (N-methyl/N-ethyl adjacent to an activating group) is 2. The average molecular weight is 230 g/mol. The third kappa shape index (κ3) is 6.36. The largest absolute Gasteiger partial charge is 0.354 e. The topological polar surface area (TPSA) is 78.7 Å². The van der Waals surface area contributed by atoms with Crippen molar-refractivity contribution in [3.63, 3.8) is 0 Å². The Bertz CT molecular complexity index is 231. The predicted octanol–water partition coefficient (Wildman–Crippen LogP) is -1.53. The standard InChI is InChI=1S/C10H22N4O2/c1-4-14(8-10(16)13(2)3)7-9(15)12-6-5-11/h4-8,11H2,1-3H3,(H,12,15). The first kappa shape index (κ1) is 14.9. The van der Waals surface area contributed by atoms with Crippen LogP contribution >= 0.6 is 0 Å². The van der Waals surface area contributed by atoms with Gasteiger partial charge in [0.1, 0.15) is 0 Å². The lowest BCUT2D eigenvalue weighted by molar-refractivity contribution is -0.130. The summed E-state index contributed by atoms with van der Waals surface area (Å²) in [6.45, 7) is 3.97. The van der Waals surface area contributed by atoms with Crippen LogP contribution in [0.3, 0.4) is 0 Å². The van der Waals surface area contributed by atoms with E-state index in [-0.39, 0.29) is 24.9 Å². The van der Waals surface area contributed by atoms with E-state index < -0.39 is 0 Å². The van der Waals surface area contributed by atoms with Crippen LogP contribution in [0.15, 0.2) is 0 Å². The Morgan fingerprint density at radius 2 is 1.88 bits per heavy atom. The Balaban J connectivity index is 4.00. The van der Waals surface area contributed by atoms with Gasteiger partial charge in [-0.1, -0.05) is 6.92 Å². The fourth-order valence-electron chi connectivity index (χ4n) is 1.08. The number of nitrogens with zero attached hydrogens (tertiary/aromatic N) is 2. The van der Waals surface area contributed by atoms with Crippen LogP contribution in [0.2, 0.25) is 0 Å². The fourth-order valence-corrected chi connectivity index (χ4v) is 1.08. The van der Waals surface area contributed by atoms with Gasteiger partial charge in [-0.3, -0.25) is 14.5 Å². The maximum Gasteiger partial charge on any atom is 0.236 e. The molecule has 0 unspecified atom stereocenters. The Labute approximate surface area is 96.8 Å². The Kier molecular flexibility index (Phi) is 7.49. The van der Waals surface area contributed by atoms with Crippen LogP contribution < -0.4 is 11.1 Å². The highest BCUT2D eigenvalue weighted by atomic mass is 16.2. The summed E-state index contributed by atoms with van der Waals surface area (Å²) in [7, 11) is 3.40. The van der Waals surface area contributed by atoms with Crippen LogP contribution in [-0.2, 0) is 9.59 Å². The molecular formula is C10H22N4O2. The van der Waals surface area contributed by atoms with Gasteiger partial charge in [-0.25, -0.2) is 0 Å². The van der Waals surface area contributed by atoms with Crippen molar-refractivity contribution in [3.8, 4) is 0 Å². The van der Waals surface area contributed by atoms with Gasteiger partial charge in [-0.2, -0.15) is 0 Å². The molecule has 6 nitrogen and oxygen atoms in total. The minimum absolute atomic E-state index is 0.00604. The smallest absolute Gasteiger partial charge is 0.236 e. The third-order valence-corrected chi connectivity index (χ3v) is 2.14. The van der Waals surface area contributed by atoms with E-state index in [1.807, 2.05) is 6.92 Å². The normalized spacial score (nSPS) is 10.3. The molecule has 0 saturated carbocycles. The second kappa shape index (κ2) is 8.06. The number of amides is 2. The number of hydrogen-bond donors (Lipinski definition) is 2. The number of hydrogen-bond acceptors (Lipinski definition) is 4. The van der Waals surface area contributed by atoms with Crippen LogP contribution in [0.1, 0.15) is 6.92 Å². The van der Waals surface area contributed by atoms with Gasteiger partial charge in [0.05, 0.1) is 13.1 Å². The van der Waals surface area contributed by atoms with E-state index in [0.29, 0.717) is 19.6 Å². The van der Waals surface area contributed by atoms with Gasteiger partial charge in [0.15, 0.2) is 0 Å². The number of rotatable bonds is 7. The van der Waals surface area contributed by atoms with Gasteiger partial charge in [0.25, 0.3) is 0 Å². The van der Waals surface area contributed by atoms with Crippen molar-refractivity contribution in [1.82, 2.24) is 15.1 Å². The van der Waals surface area contributed by atoms with E-state index in [1.54, 1.807) is 19.0 Å². The molecule has 0 aliphatic carbocycles. The van der Waals surface area contributed by atoms with E-state index in [0.717, 1.165) is 0 Å². The summed E-state index contributed by atoms with van der Waals surface area (Å²) in [5.41, 5.74) is 5.27. The zero-order valence-electron chi connectivity index (χ0n) is 10.3. The van der Waals surface area contributed by atoms with Crippen molar-refractivity contribution in [1.29, 1.82) is 0 Å². The number of carbonyl (C=O) groups is 2. The molecule has 0 aromatic heterocycles. The van der Waals surface area contributed by atoms with Gasteiger partial charge in [0.2, 0.25) is 11.8 Å². The highest BCUT2D eigenvalue weighted by Crippen LogP contribution is 1.90. The zero-order valence-corrected chi connectivity index (χ0v) is 10.3. The molecule has 6 heteroatoms. The summed E-state index contributed by atoms with van der Waals surface area (Å²) < 4.78 is 0. The maximum atomic E-state index is 11.4. The van der Waals surface area contributed by atoms with Crippen molar-refractivity contribution in [2.45, 2.75) is 6.92 Å². The van der Waals surface area contributed by atoms with Gasteiger partial charge >= 0.3 is 0 Å². The highest BCUT2D eigenvalue weighted by molar-refractivity contribution is 5.80. The van der Waals surface area contributed by atoms with Crippen LogP contribution in [0.25, 0.3) is 0 Å². The molecule has 94 valence electrons. The minimum atomic E-state index is -0.0983. The summed E-state index contributed by atoms with van der Waals surface area (Å²) in [5.74, 6) is -0.104. The SMILES string of the molecule is CCN(CC(=O)NCCN)CC(=O)N(C)C. The van der Waals surface area contributed by atoms with Crippen LogP contribution in [-0.4, -0.2) is 68.4 Å². The van der Waals surface area contributed by atoms with Crippen molar-refractivity contribution in [3.05, 3.63) is 0 Å². The van der Waals surface area contributed by atoms with Crippen molar-refractivity contribution in [2.24, 2.45) is 5.73 Å². The Morgan fingerprint density at radius 1 is 1.25 bits per heavy atom. The molecule has 0 spiro atoms. The van der Waals surface area contributed by atoms with Crippen LogP contribution in [0.5, 0.6) is 0 Å². The quantitative estimate of drug-likeness (QED) is 0.556. The molecular weight excluding hydrogens is 208 g/mol. The molecule has 2 amide bonds. The molecule has 0 aliphatic rings. The number of carbonyl (C=O) groups excluding carboxylic acids is 2. The summed E-state index contributed by atoms with van der Waals surface area (Å²) in [4.78, 5) is 26.1. The first-order chi connectivity index (χ1) is 7.51. The predicted molar refractivity (Wildman–Crippen MR) is 62.9 cm³/mol. The summed E-state index contributed by atoms with van der Waals surface area (Å²) >= 11 is 0. The molecule has 0 aromatic carbocycles. The molecule has 0 bridgehead atoms. The zero-order chi connectivity index (χ0) is 12.6. The van der Waals surface area contributed by atoms with Crippen molar-refractivity contribution < 1.29 is 9.59 Å². The van der Waals surface area contributed by atoms with E-state index in [2.05, 4.69) is 5.32 Å². The van der Waals surface area contributed by atoms with Gasteiger partial charge in [-0.15, -0.1) is 0 Å². The average Bonchev–Trinajstić information content (AvgIpc) is 2.24. The monoisotopic (exact) mass is 230 g/mol. The van der Waals surface area contributed by atoms with E-state index in [4.69, 9.17) is 5.73 Å². The van der Waals surface area contributed by atoms with Crippen LogP contribution in [0, 0.1) is 0 Å². The molecule has 0 radical (unpaired) electrons. The highest BCUT2D eigenvalue weighted by Gasteiger charge is 2.13. The summed E-state index contributed by atoms with van der Waals surface area (Å²) in [6.07, 6.45) is 0. The third-order valence-electron chi connectivity index (χ3n) is 2.14. The lowest BCUT2D eigenvalue weighted by Gasteiger charge is -2.21. The number of nitrogens with one attached hydrogen (secondary N) is 1. The van der Waals surface area contributed by atoms with Gasteiger partial charge < -0.3 is 16.0 Å². The first-order valence-corrected chi connectivity index (χ1v) is 5.40.